The first-order valence-corrected chi connectivity index (χ1v) is 12.4. The highest BCUT2D eigenvalue weighted by molar-refractivity contribution is 6.48. The molecule has 0 spiro atoms. The summed E-state index contributed by atoms with van der Waals surface area (Å²) in [6, 6.07) is 3.99. The Bertz CT molecular complexity index is 1300. The van der Waals surface area contributed by atoms with E-state index in [1.54, 1.807) is 0 Å². The molecule has 0 aliphatic carbocycles. The van der Waals surface area contributed by atoms with E-state index in [9.17, 15) is 49.1 Å². The van der Waals surface area contributed by atoms with Crippen molar-refractivity contribution in [1.82, 2.24) is 10.6 Å². The zero-order chi connectivity index (χ0) is 31.6. The standard InChI is InChI=1S/C25H20Cl3F9N2O2/c1-22(2,11-38-19(40)10-23(29,30)31)39-21(41)14-5-3-12(7-16(14)25(35,36)37)4-6-15(24(32,33)34)13-8-17(26)20(28)18(27)9-13/h3-9,15H,10-11H2,1-2H3,(H,38,40)(H,39,41)/b6-4+. The van der Waals surface area contributed by atoms with Gasteiger partial charge < -0.3 is 10.6 Å². The lowest BCUT2D eigenvalue weighted by Crippen LogP contribution is -2.52. The van der Waals surface area contributed by atoms with Gasteiger partial charge in [-0.15, -0.1) is 0 Å². The molecule has 2 aromatic carbocycles. The molecule has 41 heavy (non-hydrogen) atoms. The SMILES string of the molecule is CC(C)(CNC(=O)CC(F)(F)F)NC(=O)c1ccc(/C=C/C(c2cc(Cl)c(Cl)c(Cl)c2)C(F)(F)F)cc1C(F)(F)F. The van der Waals surface area contributed by atoms with Crippen molar-refractivity contribution >= 4 is 52.7 Å². The Morgan fingerprint density at radius 3 is 1.95 bits per heavy atom. The van der Waals surface area contributed by atoms with Gasteiger partial charge in [-0.3, -0.25) is 9.59 Å². The minimum absolute atomic E-state index is 0.183. The summed E-state index contributed by atoms with van der Waals surface area (Å²) in [4.78, 5) is 24.1. The second kappa shape index (κ2) is 12.7. The topological polar surface area (TPSA) is 58.2 Å². The van der Waals surface area contributed by atoms with Crippen LogP contribution in [-0.2, 0) is 11.0 Å². The molecule has 16 heteroatoms. The third-order valence-corrected chi connectivity index (χ3v) is 6.53. The predicted molar refractivity (Wildman–Crippen MR) is 136 cm³/mol. The monoisotopic (exact) mass is 656 g/mol. The number of hydrogen-bond donors (Lipinski definition) is 2. The Balaban J connectivity index is 2.35. The molecule has 2 aromatic rings. The van der Waals surface area contributed by atoms with Gasteiger partial charge in [0.15, 0.2) is 0 Å². The lowest BCUT2D eigenvalue weighted by molar-refractivity contribution is -0.154. The Morgan fingerprint density at radius 2 is 1.46 bits per heavy atom. The van der Waals surface area contributed by atoms with Gasteiger partial charge in [0, 0.05) is 6.54 Å². The highest BCUT2D eigenvalue weighted by atomic mass is 35.5. The average Bonchev–Trinajstić information content (AvgIpc) is 2.78. The van der Waals surface area contributed by atoms with Crippen LogP contribution in [0.2, 0.25) is 15.1 Å². The lowest BCUT2D eigenvalue weighted by Gasteiger charge is -2.27. The van der Waals surface area contributed by atoms with Gasteiger partial charge in [0.05, 0.1) is 37.7 Å². The van der Waals surface area contributed by atoms with Gasteiger partial charge in [-0.05, 0) is 49.2 Å². The summed E-state index contributed by atoms with van der Waals surface area (Å²) in [7, 11) is 0. The van der Waals surface area contributed by atoms with E-state index in [0.29, 0.717) is 12.1 Å². The fourth-order valence-electron chi connectivity index (χ4n) is 3.45. The molecular formula is C25H20Cl3F9N2O2. The number of benzene rings is 2. The van der Waals surface area contributed by atoms with Crippen molar-refractivity contribution in [1.29, 1.82) is 0 Å². The molecule has 0 aliphatic rings. The molecule has 0 fully saturated rings. The second-order valence-electron chi connectivity index (χ2n) is 9.39. The summed E-state index contributed by atoms with van der Waals surface area (Å²) in [6.45, 7) is 1.94. The number of rotatable bonds is 8. The zero-order valence-electron chi connectivity index (χ0n) is 20.9. The van der Waals surface area contributed by atoms with Crippen LogP contribution in [0.1, 0.15) is 53.2 Å². The van der Waals surface area contributed by atoms with Crippen LogP contribution in [-0.4, -0.2) is 36.3 Å². The van der Waals surface area contributed by atoms with Gasteiger partial charge >= 0.3 is 18.5 Å². The van der Waals surface area contributed by atoms with Crippen molar-refractivity contribution in [2.75, 3.05) is 6.54 Å². The molecule has 2 N–H and O–H groups in total. The number of carbonyl (C=O) groups is 2. The smallest absolute Gasteiger partial charge is 0.353 e. The predicted octanol–water partition coefficient (Wildman–Crippen LogP) is 8.60. The molecule has 0 radical (unpaired) electrons. The molecular weight excluding hydrogens is 638 g/mol. The van der Waals surface area contributed by atoms with Crippen molar-refractivity contribution < 1.29 is 49.1 Å². The first-order valence-electron chi connectivity index (χ1n) is 11.3. The van der Waals surface area contributed by atoms with Crippen LogP contribution in [0.5, 0.6) is 0 Å². The summed E-state index contributed by atoms with van der Waals surface area (Å²) < 4.78 is 120. The maximum Gasteiger partial charge on any atom is 0.417 e. The van der Waals surface area contributed by atoms with Gasteiger partial charge in [0.1, 0.15) is 6.42 Å². The van der Waals surface area contributed by atoms with Crippen LogP contribution >= 0.6 is 34.8 Å². The van der Waals surface area contributed by atoms with Crippen LogP contribution in [0.4, 0.5) is 39.5 Å². The molecule has 0 aromatic heterocycles. The van der Waals surface area contributed by atoms with E-state index in [1.165, 1.54) is 13.8 Å². The molecule has 2 amide bonds. The minimum atomic E-state index is -5.12. The minimum Gasteiger partial charge on any atom is -0.353 e. The third kappa shape index (κ3) is 10.3. The summed E-state index contributed by atoms with van der Waals surface area (Å²) in [5.41, 5.74) is -4.65. The van der Waals surface area contributed by atoms with Crippen LogP contribution in [0.25, 0.3) is 6.08 Å². The molecule has 4 nitrogen and oxygen atoms in total. The fourth-order valence-corrected chi connectivity index (χ4v) is 4.07. The van der Waals surface area contributed by atoms with Gasteiger partial charge in [-0.25, -0.2) is 0 Å². The van der Waals surface area contributed by atoms with Gasteiger partial charge in [-0.1, -0.05) is 53.0 Å². The molecule has 226 valence electrons. The number of alkyl halides is 9. The van der Waals surface area contributed by atoms with Gasteiger partial charge in [0.25, 0.3) is 5.91 Å². The van der Waals surface area contributed by atoms with E-state index in [2.05, 4.69) is 5.32 Å². The molecule has 0 saturated carbocycles. The van der Waals surface area contributed by atoms with Gasteiger partial charge in [-0.2, -0.15) is 39.5 Å². The van der Waals surface area contributed by atoms with Crippen molar-refractivity contribution in [3.05, 3.63) is 73.7 Å². The van der Waals surface area contributed by atoms with E-state index >= 15 is 0 Å². The number of nitrogens with one attached hydrogen (secondary N) is 2. The summed E-state index contributed by atoms with van der Waals surface area (Å²) >= 11 is 17.4. The molecule has 0 saturated heterocycles. The molecule has 0 bridgehead atoms. The van der Waals surface area contributed by atoms with Crippen molar-refractivity contribution in [3.8, 4) is 0 Å². The van der Waals surface area contributed by atoms with Crippen LogP contribution < -0.4 is 10.6 Å². The first kappa shape index (κ1) is 34.6. The van der Waals surface area contributed by atoms with Crippen LogP contribution in [0, 0.1) is 0 Å². The number of carbonyl (C=O) groups excluding carboxylic acids is 2. The van der Waals surface area contributed by atoms with Crippen molar-refractivity contribution in [3.63, 3.8) is 0 Å². The maximum atomic E-state index is 13.8. The number of amides is 2. The van der Waals surface area contributed by atoms with E-state index in [4.69, 9.17) is 34.8 Å². The van der Waals surface area contributed by atoms with Crippen molar-refractivity contribution in [2.24, 2.45) is 0 Å². The average molecular weight is 658 g/mol. The summed E-state index contributed by atoms with van der Waals surface area (Å²) in [5.74, 6) is -5.03. The lowest BCUT2D eigenvalue weighted by atomic mass is 9.95. The number of hydrogen-bond acceptors (Lipinski definition) is 2. The Morgan fingerprint density at radius 1 is 0.902 bits per heavy atom. The Hall–Kier alpha value is -2.64. The second-order valence-corrected chi connectivity index (χ2v) is 10.6. The maximum absolute atomic E-state index is 13.8. The summed E-state index contributed by atoms with van der Waals surface area (Å²) in [6.07, 6.45) is -15.3. The number of halogens is 12. The van der Waals surface area contributed by atoms with E-state index in [1.807, 2.05) is 5.32 Å². The van der Waals surface area contributed by atoms with Crippen molar-refractivity contribution in [2.45, 2.75) is 50.3 Å². The Labute approximate surface area is 242 Å². The highest BCUT2D eigenvalue weighted by Gasteiger charge is 2.40. The normalized spacial score (nSPS) is 13.8. The van der Waals surface area contributed by atoms with E-state index in [-0.39, 0.29) is 20.6 Å². The highest BCUT2D eigenvalue weighted by Crippen LogP contribution is 2.41. The fraction of sp³-hybridized carbons (Fsp3) is 0.360. The molecule has 0 heterocycles. The van der Waals surface area contributed by atoms with E-state index < -0.39 is 71.5 Å². The van der Waals surface area contributed by atoms with Gasteiger partial charge in [0.2, 0.25) is 5.91 Å². The number of allylic oxidation sites excluding steroid dienone is 1. The quantitative estimate of drug-likeness (QED) is 0.221. The third-order valence-electron chi connectivity index (χ3n) is 5.33. The molecule has 0 aliphatic heterocycles. The molecule has 1 atom stereocenters. The summed E-state index contributed by atoms with van der Waals surface area (Å²) in [5, 5.41) is 3.40. The zero-order valence-corrected chi connectivity index (χ0v) is 23.2. The van der Waals surface area contributed by atoms with Crippen LogP contribution in [0.15, 0.2) is 36.4 Å². The Kier molecular flexibility index (Phi) is 10.7. The molecule has 2 rings (SSSR count). The largest absolute Gasteiger partial charge is 0.417 e. The first-order chi connectivity index (χ1) is 18.5. The van der Waals surface area contributed by atoms with Crippen LogP contribution in [0.3, 0.4) is 0 Å². The molecule has 1 unspecified atom stereocenters. The van der Waals surface area contributed by atoms with E-state index in [0.717, 1.165) is 30.3 Å².